The fraction of sp³-hybridized carbons (Fsp3) is 0.400. The molecule has 0 aliphatic carbocycles. The molecule has 3 aromatic rings. The zero-order chi connectivity index (χ0) is 19.0. The summed E-state index contributed by atoms with van der Waals surface area (Å²) in [6, 6.07) is 8.07. The van der Waals surface area contributed by atoms with Crippen molar-refractivity contribution in [2.75, 3.05) is 25.5 Å². The van der Waals surface area contributed by atoms with Crippen molar-refractivity contribution in [2.45, 2.75) is 25.8 Å². The van der Waals surface area contributed by atoms with Crippen LogP contribution in [0.2, 0.25) is 0 Å². The lowest BCUT2D eigenvalue weighted by molar-refractivity contribution is 0.366. The molecule has 142 valence electrons. The van der Waals surface area contributed by atoms with Gasteiger partial charge in [0, 0.05) is 24.8 Å². The van der Waals surface area contributed by atoms with E-state index in [4.69, 9.17) is 4.74 Å². The summed E-state index contributed by atoms with van der Waals surface area (Å²) in [5, 5.41) is 6.73. The second-order valence-corrected chi connectivity index (χ2v) is 7.06. The maximum Gasteiger partial charge on any atom is 0.329 e. The van der Waals surface area contributed by atoms with Gasteiger partial charge in [0.1, 0.15) is 11.6 Å². The lowest BCUT2D eigenvalue weighted by Gasteiger charge is -2.24. The van der Waals surface area contributed by atoms with E-state index in [1.807, 2.05) is 42.8 Å². The van der Waals surface area contributed by atoms with Gasteiger partial charge in [0.2, 0.25) is 0 Å². The van der Waals surface area contributed by atoms with Crippen molar-refractivity contribution in [1.82, 2.24) is 19.4 Å². The quantitative estimate of drug-likeness (QED) is 0.742. The Morgan fingerprint density at radius 2 is 2.00 bits per heavy atom. The molecule has 3 heterocycles. The second kappa shape index (κ2) is 7.08. The Kier molecular flexibility index (Phi) is 4.61. The number of ether oxygens (including phenoxy) is 1. The van der Waals surface area contributed by atoms with E-state index < -0.39 is 0 Å². The molecule has 2 aromatic heterocycles. The molecule has 7 heteroatoms. The third-order valence-corrected chi connectivity index (χ3v) is 5.35. The Balaban J connectivity index is 1.74. The minimum atomic E-state index is 0.0245. The second-order valence-electron chi connectivity index (χ2n) is 7.06. The van der Waals surface area contributed by atoms with Crippen LogP contribution in [0.1, 0.15) is 24.4 Å². The molecule has 1 aliphatic rings. The number of benzene rings is 1. The number of hydrogen-bond acceptors (Lipinski definition) is 5. The van der Waals surface area contributed by atoms with Crippen molar-refractivity contribution >= 4 is 22.5 Å². The number of nitrogens with one attached hydrogen (secondary N) is 2. The standard InChI is InChI=1S/C20H25N5O2/c1-13-10-15(27-3)4-5-16(13)23-19-11-17-18(12-22-19)24(2)20(26)25(17)14-6-8-21-9-7-14/h4-5,10-12,14,21H,6-9H2,1-3H3,(H,22,23). The van der Waals surface area contributed by atoms with Crippen LogP contribution in [0.15, 0.2) is 35.3 Å². The Morgan fingerprint density at radius 3 is 2.70 bits per heavy atom. The fourth-order valence-corrected chi connectivity index (χ4v) is 3.78. The summed E-state index contributed by atoms with van der Waals surface area (Å²) >= 11 is 0. The van der Waals surface area contributed by atoms with Crippen LogP contribution < -0.4 is 21.1 Å². The molecule has 0 bridgehead atoms. The third kappa shape index (κ3) is 3.19. The Bertz CT molecular complexity index is 1030. The predicted octanol–water partition coefficient (Wildman–Crippen LogP) is 2.72. The van der Waals surface area contributed by atoms with Gasteiger partial charge in [-0.05, 0) is 56.6 Å². The van der Waals surface area contributed by atoms with Crippen molar-refractivity contribution in [3.63, 3.8) is 0 Å². The van der Waals surface area contributed by atoms with Crippen LogP contribution >= 0.6 is 0 Å². The highest BCUT2D eigenvalue weighted by Crippen LogP contribution is 2.27. The molecular weight excluding hydrogens is 342 g/mol. The number of aryl methyl sites for hydroxylation is 2. The molecule has 0 unspecified atom stereocenters. The van der Waals surface area contributed by atoms with Gasteiger partial charge in [0.25, 0.3) is 0 Å². The van der Waals surface area contributed by atoms with Crippen molar-refractivity contribution in [3.8, 4) is 5.75 Å². The van der Waals surface area contributed by atoms with Gasteiger partial charge in [-0.15, -0.1) is 0 Å². The molecular formula is C20H25N5O2. The third-order valence-electron chi connectivity index (χ3n) is 5.35. The van der Waals surface area contributed by atoms with E-state index in [2.05, 4.69) is 15.6 Å². The lowest BCUT2D eigenvalue weighted by atomic mass is 10.1. The number of nitrogens with zero attached hydrogens (tertiary/aromatic N) is 3. The van der Waals surface area contributed by atoms with Gasteiger partial charge < -0.3 is 15.4 Å². The summed E-state index contributed by atoms with van der Waals surface area (Å²) in [4.78, 5) is 17.3. The molecule has 0 saturated carbocycles. The minimum absolute atomic E-state index is 0.0245. The van der Waals surface area contributed by atoms with E-state index in [0.717, 1.165) is 59.8 Å². The Labute approximate surface area is 158 Å². The maximum atomic E-state index is 12.8. The van der Waals surface area contributed by atoms with Crippen LogP contribution in [0.5, 0.6) is 5.75 Å². The number of rotatable bonds is 4. The van der Waals surface area contributed by atoms with Crippen molar-refractivity contribution < 1.29 is 4.74 Å². The van der Waals surface area contributed by atoms with Crippen LogP contribution in [0.4, 0.5) is 11.5 Å². The van der Waals surface area contributed by atoms with E-state index in [1.165, 1.54) is 0 Å². The first-order valence-electron chi connectivity index (χ1n) is 9.28. The predicted molar refractivity (Wildman–Crippen MR) is 107 cm³/mol. The maximum absolute atomic E-state index is 12.8. The molecule has 27 heavy (non-hydrogen) atoms. The summed E-state index contributed by atoms with van der Waals surface area (Å²) in [6.45, 7) is 3.90. The summed E-state index contributed by atoms with van der Waals surface area (Å²) in [7, 11) is 3.47. The monoisotopic (exact) mass is 367 g/mol. The van der Waals surface area contributed by atoms with Gasteiger partial charge >= 0.3 is 5.69 Å². The SMILES string of the molecule is COc1ccc(Nc2cc3c(cn2)n(C)c(=O)n3C2CCNCC2)c(C)c1. The summed E-state index contributed by atoms with van der Waals surface area (Å²) in [5.74, 6) is 1.55. The number of anilines is 2. The van der Waals surface area contributed by atoms with Gasteiger partial charge in [-0.1, -0.05) is 0 Å². The van der Waals surface area contributed by atoms with E-state index in [9.17, 15) is 4.79 Å². The summed E-state index contributed by atoms with van der Waals surface area (Å²) in [6.07, 6.45) is 3.69. The highest BCUT2D eigenvalue weighted by Gasteiger charge is 2.21. The molecule has 1 saturated heterocycles. The number of aromatic nitrogens is 3. The van der Waals surface area contributed by atoms with Crippen molar-refractivity contribution in [1.29, 1.82) is 0 Å². The van der Waals surface area contributed by atoms with Gasteiger partial charge in [-0.25, -0.2) is 9.78 Å². The van der Waals surface area contributed by atoms with Crippen LogP contribution in [0, 0.1) is 6.92 Å². The summed E-state index contributed by atoms with van der Waals surface area (Å²) < 4.78 is 8.89. The topological polar surface area (TPSA) is 73.1 Å². The highest BCUT2D eigenvalue weighted by molar-refractivity contribution is 5.79. The first-order chi connectivity index (χ1) is 13.1. The Morgan fingerprint density at radius 1 is 1.22 bits per heavy atom. The van der Waals surface area contributed by atoms with E-state index in [1.54, 1.807) is 17.9 Å². The van der Waals surface area contributed by atoms with E-state index in [0.29, 0.717) is 0 Å². The molecule has 1 aromatic carbocycles. The van der Waals surface area contributed by atoms with Gasteiger partial charge in [-0.2, -0.15) is 0 Å². The largest absolute Gasteiger partial charge is 0.497 e. The van der Waals surface area contributed by atoms with Crippen molar-refractivity contribution in [2.24, 2.45) is 7.05 Å². The summed E-state index contributed by atoms with van der Waals surface area (Å²) in [5.41, 5.74) is 3.85. The minimum Gasteiger partial charge on any atom is -0.497 e. The van der Waals surface area contributed by atoms with Crippen LogP contribution in [0.3, 0.4) is 0 Å². The average molecular weight is 367 g/mol. The fourth-order valence-electron chi connectivity index (χ4n) is 3.78. The lowest BCUT2D eigenvalue weighted by Crippen LogP contribution is -2.34. The molecule has 4 rings (SSSR count). The number of imidazole rings is 1. The number of piperidine rings is 1. The zero-order valence-corrected chi connectivity index (χ0v) is 16.0. The van der Waals surface area contributed by atoms with Gasteiger partial charge in [0.05, 0.1) is 24.3 Å². The van der Waals surface area contributed by atoms with E-state index in [-0.39, 0.29) is 11.7 Å². The number of fused-ring (bicyclic) bond motifs is 1. The van der Waals surface area contributed by atoms with Crippen LogP contribution in [-0.4, -0.2) is 34.3 Å². The Hall–Kier alpha value is -2.80. The van der Waals surface area contributed by atoms with Gasteiger partial charge in [-0.3, -0.25) is 9.13 Å². The average Bonchev–Trinajstić information content (AvgIpc) is 2.94. The molecule has 0 amide bonds. The number of hydrogen-bond donors (Lipinski definition) is 2. The normalized spacial score (nSPS) is 15.2. The molecule has 7 nitrogen and oxygen atoms in total. The van der Waals surface area contributed by atoms with Crippen LogP contribution in [-0.2, 0) is 7.05 Å². The molecule has 0 radical (unpaired) electrons. The van der Waals surface area contributed by atoms with E-state index >= 15 is 0 Å². The molecule has 1 aliphatic heterocycles. The van der Waals surface area contributed by atoms with Gasteiger partial charge in [0.15, 0.2) is 0 Å². The molecule has 0 atom stereocenters. The van der Waals surface area contributed by atoms with Crippen LogP contribution in [0.25, 0.3) is 11.0 Å². The first kappa shape index (κ1) is 17.6. The first-order valence-corrected chi connectivity index (χ1v) is 9.28. The smallest absolute Gasteiger partial charge is 0.329 e. The van der Waals surface area contributed by atoms with Crippen molar-refractivity contribution in [3.05, 3.63) is 46.5 Å². The number of methoxy groups -OCH3 is 1. The number of pyridine rings is 1. The zero-order valence-electron chi connectivity index (χ0n) is 16.0. The molecule has 1 fully saturated rings. The highest BCUT2D eigenvalue weighted by atomic mass is 16.5. The molecule has 0 spiro atoms. The molecule has 2 N–H and O–H groups in total.